The number of fused-ring (bicyclic) bond motifs is 26. The highest BCUT2D eigenvalue weighted by Crippen LogP contribution is 2.55. The summed E-state index contributed by atoms with van der Waals surface area (Å²) in [6.45, 7) is 9.50. The first-order valence-corrected chi connectivity index (χ1v) is 32.1. The normalized spacial score (nSPS) is 13.8. The van der Waals surface area contributed by atoms with E-state index in [1.807, 2.05) is 0 Å². The molecule has 0 fully saturated rings. The van der Waals surface area contributed by atoms with Gasteiger partial charge in [-0.15, -0.1) is 0 Å². The lowest BCUT2D eigenvalue weighted by molar-refractivity contribution is 0.659. The van der Waals surface area contributed by atoms with Crippen LogP contribution < -0.4 is 0 Å². The molecule has 0 atom stereocenters. The maximum Gasteiger partial charge on any atom is 0.0547 e. The minimum Gasteiger partial charge on any atom is -0.309 e. The summed E-state index contributed by atoms with van der Waals surface area (Å²) in [4.78, 5) is 0. The van der Waals surface area contributed by atoms with Crippen LogP contribution in [0.15, 0.2) is 284 Å². The highest BCUT2D eigenvalue weighted by Gasteiger charge is 2.38. The van der Waals surface area contributed by atoms with E-state index < -0.39 is 0 Å². The highest BCUT2D eigenvalue weighted by atomic mass is 79.9. The molecule has 0 saturated heterocycles. The second-order valence-electron chi connectivity index (χ2n) is 26.0. The fourth-order valence-corrected chi connectivity index (χ4v) is 16.5. The minimum atomic E-state index is -0.0676. The van der Waals surface area contributed by atoms with E-state index in [4.69, 9.17) is 0 Å². The van der Waals surface area contributed by atoms with Gasteiger partial charge < -0.3 is 4.57 Å². The summed E-state index contributed by atoms with van der Waals surface area (Å²) in [5.74, 6) is 0. The van der Waals surface area contributed by atoms with Crippen LogP contribution in [0.2, 0.25) is 0 Å². The van der Waals surface area contributed by atoms with Crippen LogP contribution in [0.1, 0.15) is 61.1 Å². The predicted molar refractivity (Wildman–Crippen MR) is 385 cm³/mol. The van der Waals surface area contributed by atoms with Gasteiger partial charge in [0.25, 0.3) is 0 Å². The van der Waals surface area contributed by atoms with Crippen LogP contribution >= 0.6 is 15.9 Å². The van der Waals surface area contributed by atoms with Gasteiger partial charge in [-0.05, 0) is 226 Å². The van der Waals surface area contributed by atoms with E-state index in [0.717, 1.165) is 10.9 Å². The summed E-state index contributed by atoms with van der Waals surface area (Å²) < 4.78 is 3.65. The molecule has 1 heterocycles. The molecule has 89 heavy (non-hydrogen) atoms. The fourth-order valence-electron chi connectivity index (χ4n) is 16.1. The van der Waals surface area contributed by atoms with Crippen LogP contribution in [0.25, 0.3) is 147 Å². The molecular formula is C87H60BrN. The van der Waals surface area contributed by atoms with Crippen molar-refractivity contribution in [2.45, 2.75) is 44.9 Å². The number of rotatable bonds is 1. The van der Waals surface area contributed by atoms with E-state index in [-0.39, 0.29) is 10.8 Å². The van der Waals surface area contributed by atoms with Crippen molar-refractivity contribution in [1.82, 2.24) is 4.57 Å². The molecule has 1 aromatic heterocycles. The average Bonchev–Trinajstić information content (AvgIpc) is 1.94. The molecule has 16 aromatic carbocycles. The van der Waals surface area contributed by atoms with Gasteiger partial charge in [0.2, 0.25) is 0 Å². The topological polar surface area (TPSA) is 4.93 Å². The largest absolute Gasteiger partial charge is 0.309 e. The Labute approximate surface area is 525 Å². The lowest BCUT2D eigenvalue weighted by atomic mass is 9.81. The summed E-state index contributed by atoms with van der Waals surface area (Å²) in [5.41, 5.74) is 20.7. The van der Waals surface area contributed by atoms with Gasteiger partial charge in [-0.3, -0.25) is 0 Å². The fraction of sp³-hybridized carbons (Fsp3) is 0.0805. The van der Waals surface area contributed by atoms with Gasteiger partial charge in [0, 0.05) is 31.8 Å². The molecule has 420 valence electrons. The number of aromatic nitrogens is 1. The zero-order chi connectivity index (χ0) is 59.4. The van der Waals surface area contributed by atoms with Gasteiger partial charge in [0.15, 0.2) is 0 Å². The van der Waals surface area contributed by atoms with Crippen molar-refractivity contribution in [3.8, 4) is 39.1 Å². The molecular weight excluding hydrogens is 1140 g/mol. The Balaban J connectivity index is 0.000000116. The molecule has 2 heteroatoms. The van der Waals surface area contributed by atoms with E-state index in [1.165, 1.54) is 180 Å². The van der Waals surface area contributed by atoms with Crippen molar-refractivity contribution in [3.63, 3.8) is 0 Å². The molecule has 3 aliphatic carbocycles. The monoisotopic (exact) mass is 1200 g/mol. The zero-order valence-corrected chi connectivity index (χ0v) is 51.7. The lowest BCUT2D eigenvalue weighted by Gasteiger charge is -2.22. The molecule has 3 aliphatic rings. The van der Waals surface area contributed by atoms with E-state index in [9.17, 15) is 0 Å². The molecule has 0 bridgehead atoms. The van der Waals surface area contributed by atoms with Gasteiger partial charge in [0.1, 0.15) is 0 Å². The minimum absolute atomic E-state index is 0.0485. The summed E-state index contributed by atoms with van der Waals surface area (Å²) in [6.07, 6.45) is 1.02. The van der Waals surface area contributed by atoms with E-state index in [1.54, 1.807) is 0 Å². The van der Waals surface area contributed by atoms with Gasteiger partial charge in [-0.25, -0.2) is 0 Å². The molecule has 0 amide bonds. The molecule has 0 unspecified atom stereocenters. The van der Waals surface area contributed by atoms with Crippen molar-refractivity contribution < 1.29 is 0 Å². The van der Waals surface area contributed by atoms with Crippen LogP contribution in [0.4, 0.5) is 0 Å². The smallest absolute Gasteiger partial charge is 0.0547 e. The predicted octanol–water partition coefficient (Wildman–Crippen LogP) is 24.3. The quantitative estimate of drug-likeness (QED) is 0.144. The van der Waals surface area contributed by atoms with Crippen molar-refractivity contribution in [1.29, 1.82) is 0 Å². The number of hydrogen-bond donors (Lipinski definition) is 0. The SMILES string of the molecule is Brc1ccc2ccccc2c1.CC1(C)c2ccccc2-c2cc3c(cc21)Cc1cc2c4ccccc4c4ccccc4c2cc1-3.CC1(C)c2ccccc2-c2cc3c4cc5c6ccccc6c6ccccc6c5cc4n(-c4ccc5ccccc5c4)c3cc21. The molecule has 0 spiro atoms. The third-order valence-corrected chi connectivity index (χ3v) is 21.0. The molecule has 0 saturated carbocycles. The third-order valence-electron chi connectivity index (χ3n) is 20.5. The Kier molecular flexibility index (Phi) is 11.4. The van der Waals surface area contributed by atoms with Crippen LogP contribution in [-0.2, 0) is 17.3 Å². The Morgan fingerprint density at radius 2 is 0.640 bits per heavy atom. The molecule has 0 aliphatic heterocycles. The second-order valence-corrected chi connectivity index (χ2v) is 26.9. The summed E-state index contributed by atoms with van der Waals surface area (Å²) in [7, 11) is 0. The van der Waals surface area contributed by atoms with Gasteiger partial charge in [0.05, 0.1) is 11.0 Å². The summed E-state index contributed by atoms with van der Waals surface area (Å²) in [6, 6.07) is 103. The van der Waals surface area contributed by atoms with Crippen molar-refractivity contribution in [2.75, 3.05) is 0 Å². The Bertz CT molecular complexity index is 5910. The first-order valence-electron chi connectivity index (χ1n) is 31.3. The Morgan fingerprint density at radius 1 is 0.258 bits per heavy atom. The Morgan fingerprint density at radius 3 is 1.21 bits per heavy atom. The van der Waals surface area contributed by atoms with Gasteiger partial charge in [-0.1, -0.05) is 256 Å². The molecule has 20 rings (SSSR count). The van der Waals surface area contributed by atoms with E-state index in [0.29, 0.717) is 0 Å². The van der Waals surface area contributed by atoms with Crippen molar-refractivity contribution in [3.05, 3.63) is 317 Å². The number of halogens is 1. The first-order chi connectivity index (χ1) is 43.5. The Hall–Kier alpha value is -10.1. The number of hydrogen-bond acceptors (Lipinski definition) is 0. The van der Waals surface area contributed by atoms with Crippen LogP contribution in [0, 0.1) is 0 Å². The molecule has 0 N–H and O–H groups in total. The molecule has 1 nitrogen and oxygen atoms in total. The van der Waals surface area contributed by atoms with Crippen molar-refractivity contribution in [2.24, 2.45) is 0 Å². The van der Waals surface area contributed by atoms with Crippen LogP contribution in [0.3, 0.4) is 0 Å². The van der Waals surface area contributed by atoms with Gasteiger partial charge >= 0.3 is 0 Å². The highest BCUT2D eigenvalue weighted by molar-refractivity contribution is 9.10. The zero-order valence-electron chi connectivity index (χ0n) is 50.1. The maximum atomic E-state index is 3.43. The summed E-state index contributed by atoms with van der Waals surface area (Å²) >= 11 is 3.43. The molecule has 0 radical (unpaired) electrons. The standard InChI is InChI=1S/C43H29N.C34H24.C10H7Br/c1-43(2)39-18-10-9-17-33(39)36-23-38-37-22-34-31-15-7-5-13-29(31)30-14-6-8-16-32(30)35(34)24-41(37)44(42(38)25-40(36)43)28-20-19-26-11-3-4-12-27(26)21-28;1-34(2)32-14-8-7-13-26(32)31-19-28-21(17-33(31)34)15-20-16-29-24-11-5-3-9-22(24)23-10-4-6-12-25(23)30(29)18-27(20)28;11-10-6-5-8-3-1-2-4-9(8)7-10/h3-25H,1-2H3;3-14,16-19H,15H2,1-2H3;1-7H. The van der Waals surface area contributed by atoms with Gasteiger partial charge in [-0.2, -0.15) is 0 Å². The second kappa shape index (κ2) is 19.4. The average molecular weight is 1200 g/mol. The third kappa shape index (κ3) is 7.79. The van der Waals surface area contributed by atoms with Crippen LogP contribution in [0.5, 0.6) is 0 Å². The van der Waals surface area contributed by atoms with E-state index >= 15 is 0 Å². The van der Waals surface area contributed by atoms with E-state index in [2.05, 4.69) is 327 Å². The maximum absolute atomic E-state index is 3.43. The lowest BCUT2D eigenvalue weighted by Crippen LogP contribution is -2.15. The van der Waals surface area contributed by atoms with Crippen molar-refractivity contribution >= 4 is 124 Å². The summed E-state index contributed by atoms with van der Waals surface area (Å²) in [5, 5.41) is 23.6. The first kappa shape index (κ1) is 52.0. The molecule has 17 aromatic rings. The van der Waals surface area contributed by atoms with Crippen LogP contribution in [-0.4, -0.2) is 4.57 Å². The number of nitrogens with zero attached hydrogens (tertiary/aromatic N) is 1. The number of benzene rings is 16.